The molecule has 1 rings (SSSR count). The minimum absolute atomic E-state index is 0. The van der Waals surface area contributed by atoms with E-state index in [1.165, 1.54) is 17.7 Å². The molecule has 0 aliphatic heterocycles. The summed E-state index contributed by atoms with van der Waals surface area (Å²) in [6, 6.07) is 8.35. The molecular formula is C19H34IN3OS. The van der Waals surface area contributed by atoms with Crippen molar-refractivity contribution in [3.8, 4) is 5.75 Å². The third-order valence-corrected chi connectivity index (χ3v) is 4.07. The van der Waals surface area contributed by atoms with Crippen molar-refractivity contribution in [2.45, 2.75) is 46.1 Å². The number of hydrogen-bond donors (Lipinski definition) is 2. The Morgan fingerprint density at radius 1 is 1.16 bits per heavy atom. The number of benzene rings is 1. The fraction of sp³-hybridized carbons (Fsp3) is 0.632. The molecule has 1 aromatic carbocycles. The van der Waals surface area contributed by atoms with Crippen LogP contribution in [-0.4, -0.2) is 43.7 Å². The molecule has 0 aliphatic rings. The second-order valence-corrected chi connectivity index (χ2v) is 6.93. The Balaban J connectivity index is 0.00000576. The van der Waals surface area contributed by atoms with Crippen molar-refractivity contribution in [2.75, 3.05) is 31.6 Å². The van der Waals surface area contributed by atoms with Gasteiger partial charge in [0.2, 0.25) is 0 Å². The standard InChI is InChI=1S/C19H33N3OS.HI/c1-5-20-19(21-13-6-7-15-24-4)22-14-12-17-8-10-18(11-9-17)23-16(2)3;/h8-11,16H,5-7,12-15H2,1-4H3,(H2,20,21,22);1H. The number of guanidine groups is 1. The van der Waals surface area contributed by atoms with Crippen LogP contribution in [0.2, 0.25) is 0 Å². The lowest BCUT2D eigenvalue weighted by Crippen LogP contribution is -2.38. The Morgan fingerprint density at radius 2 is 1.88 bits per heavy atom. The van der Waals surface area contributed by atoms with Gasteiger partial charge in [0.05, 0.1) is 6.10 Å². The van der Waals surface area contributed by atoms with Crippen LogP contribution in [0.5, 0.6) is 5.75 Å². The highest BCUT2D eigenvalue weighted by Gasteiger charge is 2.00. The van der Waals surface area contributed by atoms with Gasteiger partial charge in [0.15, 0.2) is 5.96 Å². The van der Waals surface area contributed by atoms with Crippen LogP contribution in [0, 0.1) is 0 Å². The Kier molecular flexibility index (Phi) is 15.2. The van der Waals surface area contributed by atoms with Gasteiger partial charge in [-0.15, -0.1) is 24.0 Å². The van der Waals surface area contributed by atoms with E-state index in [-0.39, 0.29) is 30.1 Å². The van der Waals surface area contributed by atoms with E-state index >= 15 is 0 Å². The fourth-order valence-electron chi connectivity index (χ4n) is 2.22. The average molecular weight is 479 g/mol. The van der Waals surface area contributed by atoms with Gasteiger partial charge in [-0.2, -0.15) is 11.8 Å². The van der Waals surface area contributed by atoms with Gasteiger partial charge in [-0.25, -0.2) is 0 Å². The van der Waals surface area contributed by atoms with Crippen LogP contribution >= 0.6 is 35.7 Å². The van der Waals surface area contributed by atoms with Crippen LogP contribution in [0.1, 0.15) is 39.2 Å². The molecule has 0 unspecified atom stereocenters. The molecule has 0 spiro atoms. The van der Waals surface area contributed by atoms with E-state index in [0.29, 0.717) is 0 Å². The summed E-state index contributed by atoms with van der Waals surface area (Å²) in [5.74, 6) is 3.07. The molecule has 0 fully saturated rings. The molecule has 25 heavy (non-hydrogen) atoms. The molecular weight excluding hydrogens is 445 g/mol. The number of ether oxygens (including phenoxy) is 1. The molecule has 1 aromatic rings. The van der Waals surface area contributed by atoms with Crippen molar-refractivity contribution in [2.24, 2.45) is 4.99 Å². The van der Waals surface area contributed by atoms with Crippen LogP contribution in [-0.2, 0) is 6.42 Å². The Labute approximate surface area is 175 Å². The number of hydrogen-bond acceptors (Lipinski definition) is 3. The number of rotatable bonds is 11. The van der Waals surface area contributed by atoms with Crippen LogP contribution in [0.25, 0.3) is 0 Å². The van der Waals surface area contributed by atoms with E-state index < -0.39 is 0 Å². The second kappa shape index (κ2) is 15.6. The normalized spacial score (nSPS) is 11.2. The van der Waals surface area contributed by atoms with Gasteiger partial charge in [0, 0.05) is 19.6 Å². The molecule has 0 saturated heterocycles. The first-order chi connectivity index (χ1) is 11.7. The quantitative estimate of drug-likeness (QED) is 0.215. The van der Waals surface area contributed by atoms with E-state index in [1.54, 1.807) is 0 Å². The molecule has 0 radical (unpaired) electrons. The highest BCUT2D eigenvalue weighted by atomic mass is 127. The maximum Gasteiger partial charge on any atom is 0.191 e. The van der Waals surface area contributed by atoms with Crippen molar-refractivity contribution in [3.63, 3.8) is 0 Å². The molecule has 0 amide bonds. The van der Waals surface area contributed by atoms with Crippen molar-refractivity contribution in [1.82, 2.24) is 10.6 Å². The van der Waals surface area contributed by atoms with Crippen LogP contribution in [0.15, 0.2) is 29.3 Å². The highest BCUT2D eigenvalue weighted by Crippen LogP contribution is 2.13. The lowest BCUT2D eigenvalue weighted by molar-refractivity contribution is 0.242. The number of nitrogens with zero attached hydrogens (tertiary/aromatic N) is 1. The summed E-state index contributed by atoms with van der Waals surface area (Å²) in [5.41, 5.74) is 1.30. The van der Waals surface area contributed by atoms with Gasteiger partial charge in [-0.3, -0.25) is 4.99 Å². The molecule has 0 aliphatic carbocycles. The van der Waals surface area contributed by atoms with Crippen molar-refractivity contribution < 1.29 is 4.74 Å². The fourth-order valence-corrected chi connectivity index (χ4v) is 2.72. The summed E-state index contributed by atoms with van der Waals surface area (Å²) in [6.07, 6.45) is 5.71. The average Bonchev–Trinajstić information content (AvgIpc) is 2.55. The number of thioether (sulfide) groups is 1. The summed E-state index contributed by atoms with van der Waals surface area (Å²) in [7, 11) is 0. The summed E-state index contributed by atoms with van der Waals surface area (Å²) < 4.78 is 5.67. The van der Waals surface area contributed by atoms with Crippen molar-refractivity contribution >= 4 is 41.7 Å². The first kappa shape index (κ1) is 24.4. The van der Waals surface area contributed by atoms with E-state index in [9.17, 15) is 0 Å². The van der Waals surface area contributed by atoms with E-state index in [2.05, 4.69) is 40.9 Å². The molecule has 144 valence electrons. The van der Waals surface area contributed by atoms with Crippen molar-refractivity contribution in [1.29, 1.82) is 0 Å². The third kappa shape index (κ3) is 12.4. The van der Waals surface area contributed by atoms with Gasteiger partial charge in [0.1, 0.15) is 5.75 Å². The minimum atomic E-state index is 0. The van der Waals surface area contributed by atoms with Gasteiger partial charge in [-0.1, -0.05) is 12.1 Å². The lowest BCUT2D eigenvalue weighted by atomic mass is 10.1. The summed E-state index contributed by atoms with van der Waals surface area (Å²) >= 11 is 1.90. The summed E-state index contributed by atoms with van der Waals surface area (Å²) in [5, 5.41) is 6.71. The molecule has 2 N–H and O–H groups in total. The van der Waals surface area contributed by atoms with E-state index in [4.69, 9.17) is 4.74 Å². The zero-order chi connectivity index (χ0) is 17.6. The maximum atomic E-state index is 5.67. The van der Waals surface area contributed by atoms with Crippen LogP contribution in [0.3, 0.4) is 0 Å². The molecule has 0 heterocycles. The zero-order valence-electron chi connectivity index (χ0n) is 16.0. The molecule has 0 bridgehead atoms. The van der Waals surface area contributed by atoms with Gasteiger partial charge in [0.25, 0.3) is 0 Å². The largest absolute Gasteiger partial charge is 0.491 e. The topological polar surface area (TPSA) is 45.7 Å². The monoisotopic (exact) mass is 479 g/mol. The predicted octanol–water partition coefficient (Wildman–Crippen LogP) is 4.33. The summed E-state index contributed by atoms with van der Waals surface area (Å²) in [4.78, 5) is 4.63. The predicted molar refractivity (Wildman–Crippen MR) is 123 cm³/mol. The van der Waals surface area contributed by atoms with Gasteiger partial charge < -0.3 is 15.4 Å². The maximum absolute atomic E-state index is 5.67. The van der Waals surface area contributed by atoms with Crippen molar-refractivity contribution in [3.05, 3.63) is 29.8 Å². The first-order valence-electron chi connectivity index (χ1n) is 8.92. The minimum Gasteiger partial charge on any atom is -0.491 e. The van der Waals surface area contributed by atoms with Crippen LogP contribution < -0.4 is 15.4 Å². The Morgan fingerprint density at radius 3 is 2.48 bits per heavy atom. The first-order valence-corrected chi connectivity index (χ1v) is 10.3. The molecule has 0 aromatic heterocycles. The molecule has 0 saturated carbocycles. The Bertz CT molecular complexity index is 466. The number of halogens is 1. The third-order valence-electron chi connectivity index (χ3n) is 3.37. The molecule has 0 atom stereocenters. The van der Waals surface area contributed by atoms with Gasteiger partial charge in [-0.05, 0) is 69.7 Å². The SMILES string of the molecule is CCNC(=NCCCCSC)NCCc1ccc(OC(C)C)cc1.I. The number of aliphatic imine (C=N–C) groups is 1. The van der Waals surface area contributed by atoms with Gasteiger partial charge >= 0.3 is 0 Å². The van der Waals surface area contributed by atoms with E-state index in [1.807, 2.05) is 37.7 Å². The smallest absolute Gasteiger partial charge is 0.191 e. The molecule has 6 heteroatoms. The Hall–Kier alpha value is -0.630. The second-order valence-electron chi connectivity index (χ2n) is 5.95. The highest BCUT2D eigenvalue weighted by molar-refractivity contribution is 14.0. The number of unbranched alkanes of at least 4 members (excludes halogenated alkanes) is 1. The van der Waals surface area contributed by atoms with Crippen LogP contribution in [0.4, 0.5) is 0 Å². The van der Waals surface area contributed by atoms with E-state index in [0.717, 1.165) is 44.2 Å². The number of nitrogens with one attached hydrogen (secondary N) is 2. The zero-order valence-corrected chi connectivity index (χ0v) is 19.2. The summed E-state index contributed by atoms with van der Waals surface area (Å²) in [6.45, 7) is 8.83. The lowest BCUT2D eigenvalue weighted by Gasteiger charge is -2.12. The molecule has 4 nitrogen and oxygen atoms in total.